The Balaban J connectivity index is 2.62. The van der Waals surface area contributed by atoms with Crippen LogP contribution >= 0.6 is 27.3 Å². The summed E-state index contributed by atoms with van der Waals surface area (Å²) in [7, 11) is 0. The molecule has 1 aromatic rings. The molecule has 0 aliphatic heterocycles. The van der Waals surface area contributed by atoms with E-state index < -0.39 is 17.9 Å². The minimum atomic E-state index is -0.646. The average molecular weight is 348 g/mol. The van der Waals surface area contributed by atoms with Crippen LogP contribution < -0.4 is 10.6 Å². The quantitative estimate of drug-likeness (QED) is 0.694. The number of aliphatic hydroxyl groups is 1. The van der Waals surface area contributed by atoms with Gasteiger partial charge < -0.3 is 15.7 Å². The number of aliphatic hydroxyl groups excluding tert-OH is 1. The van der Waals surface area contributed by atoms with E-state index in [-0.39, 0.29) is 17.9 Å². The summed E-state index contributed by atoms with van der Waals surface area (Å²) in [6.45, 7) is 3.31. The fourth-order valence-electron chi connectivity index (χ4n) is 1.14. The van der Waals surface area contributed by atoms with Crippen LogP contribution in [0.3, 0.4) is 0 Å². The Morgan fingerprint density at radius 2 is 2.32 bits per heavy atom. The number of aromatic nitrogens is 1. The van der Waals surface area contributed by atoms with E-state index in [1.165, 1.54) is 17.4 Å². The van der Waals surface area contributed by atoms with Gasteiger partial charge in [0, 0.05) is 11.9 Å². The van der Waals surface area contributed by atoms with Gasteiger partial charge in [0.2, 0.25) is 0 Å². The van der Waals surface area contributed by atoms with Crippen LogP contribution in [0, 0.1) is 0 Å². The molecule has 2 amide bonds. The zero-order valence-electron chi connectivity index (χ0n) is 10.4. The van der Waals surface area contributed by atoms with Crippen molar-refractivity contribution in [3.8, 4) is 0 Å². The van der Waals surface area contributed by atoms with Crippen molar-refractivity contribution in [1.82, 2.24) is 15.6 Å². The van der Waals surface area contributed by atoms with Crippen molar-refractivity contribution in [2.75, 3.05) is 6.54 Å². The van der Waals surface area contributed by atoms with Crippen LogP contribution in [0.15, 0.2) is 21.1 Å². The normalized spacial score (nSPS) is 12.9. The Labute approximate surface area is 123 Å². The molecule has 0 aliphatic carbocycles. The molecular weight excluding hydrogens is 334 g/mol. The lowest BCUT2D eigenvalue weighted by Crippen LogP contribution is -2.37. The Kier molecular flexibility index (Phi) is 6.13. The van der Waals surface area contributed by atoms with Gasteiger partial charge in [-0.3, -0.25) is 9.59 Å². The van der Waals surface area contributed by atoms with Gasteiger partial charge in [0.15, 0.2) is 3.92 Å². The third-order valence-corrected chi connectivity index (χ3v) is 3.41. The maximum atomic E-state index is 11.8. The van der Waals surface area contributed by atoms with E-state index in [0.29, 0.717) is 3.92 Å². The molecule has 0 bridgehead atoms. The molecule has 1 heterocycles. The average Bonchev–Trinajstić information content (AvgIpc) is 2.79. The van der Waals surface area contributed by atoms with Gasteiger partial charge >= 0.3 is 0 Å². The number of rotatable bonds is 5. The Morgan fingerprint density at radius 1 is 1.63 bits per heavy atom. The molecule has 0 radical (unpaired) electrons. The summed E-state index contributed by atoms with van der Waals surface area (Å²) < 4.78 is 0.596. The first-order valence-electron chi connectivity index (χ1n) is 5.49. The Bertz CT molecular complexity index is 499. The lowest BCUT2D eigenvalue weighted by atomic mass is 10.3. The van der Waals surface area contributed by atoms with Crippen molar-refractivity contribution in [2.24, 2.45) is 0 Å². The summed E-state index contributed by atoms with van der Waals surface area (Å²) in [5.74, 6) is -0.909. The molecule has 6 nitrogen and oxygen atoms in total. The van der Waals surface area contributed by atoms with Crippen molar-refractivity contribution >= 4 is 39.1 Å². The van der Waals surface area contributed by atoms with Gasteiger partial charge in [-0.25, -0.2) is 4.98 Å². The van der Waals surface area contributed by atoms with E-state index in [4.69, 9.17) is 5.11 Å². The Hall–Kier alpha value is -1.25. The minimum absolute atomic E-state index is 0.119. The molecule has 104 valence electrons. The van der Waals surface area contributed by atoms with Crippen molar-refractivity contribution < 1.29 is 14.7 Å². The minimum Gasteiger partial charge on any atom is -0.392 e. The third kappa shape index (κ3) is 5.09. The first-order valence-corrected chi connectivity index (χ1v) is 7.16. The smallest absolute Gasteiger partial charge is 0.275 e. The zero-order valence-corrected chi connectivity index (χ0v) is 12.8. The second-order valence-electron chi connectivity index (χ2n) is 3.70. The first kappa shape index (κ1) is 15.8. The zero-order chi connectivity index (χ0) is 14.4. The molecular formula is C11H14BrN3O3S. The number of halogens is 1. The van der Waals surface area contributed by atoms with E-state index in [9.17, 15) is 9.59 Å². The van der Waals surface area contributed by atoms with Crippen LogP contribution in [0.5, 0.6) is 0 Å². The van der Waals surface area contributed by atoms with E-state index in [1.807, 2.05) is 0 Å². The molecule has 0 aromatic carbocycles. The van der Waals surface area contributed by atoms with Crippen LogP contribution in [-0.4, -0.2) is 34.6 Å². The maximum absolute atomic E-state index is 11.8. The summed E-state index contributed by atoms with van der Waals surface area (Å²) in [5, 5.41) is 15.6. The van der Waals surface area contributed by atoms with Crippen LogP contribution in [-0.2, 0) is 4.79 Å². The SMILES string of the molecule is C/C=C(\NC(=O)c1csc(Br)n1)C(=O)NC[C@@H](C)O. The van der Waals surface area contributed by atoms with E-state index in [0.717, 1.165) is 0 Å². The van der Waals surface area contributed by atoms with E-state index in [1.54, 1.807) is 19.2 Å². The van der Waals surface area contributed by atoms with Crippen LogP contribution in [0.25, 0.3) is 0 Å². The number of nitrogens with zero attached hydrogens (tertiary/aromatic N) is 1. The molecule has 0 saturated carbocycles. The predicted octanol–water partition coefficient (Wildman–Crippen LogP) is 1.04. The number of allylic oxidation sites excluding steroid dienone is 1. The number of nitrogens with one attached hydrogen (secondary N) is 2. The van der Waals surface area contributed by atoms with Gasteiger partial charge in [-0.2, -0.15) is 0 Å². The molecule has 1 atom stereocenters. The van der Waals surface area contributed by atoms with Gasteiger partial charge in [-0.1, -0.05) is 6.08 Å². The van der Waals surface area contributed by atoms with Crippen LogP contribution in [0.2, 0.25) is 0 Å². The lowest BCUT2D eigenvalue weighted by molar-refractivity contribution is -0.118. The molecule has 0 saturated heterocycles. The number of hydrogen-bond donors (Lipinski definition) is 3. The largest absolute Gasteiger partial charge is 0.392 e. The molecule has 1 aromatic heterocycles. The standard InChI is InChI=1S/C11H14BrN3O3S/c1-3-7(9(17)13-4-6(2)16)14-10(18)8-5-19-11(12)15-8/h3,5-6,16H,4H2,1-2H3,(H,13,17)(H,14,18)/b7-3-/t6-/m1/s1. The Morgan fingerprint density at radius 3 is 2.79 bits per heavy atom. The lowest BCUT2D eigenvalue weighted by Gasteiger charge is -2.10. The second-order valence-corrected chi connectivity index (χ2v) is 5.84. The predicted molar refractivity (Wildman–Crippen MR) is 75.7 cm³/mol. The van der Waals surface area contributed by atoms with Gasteiger partial charge in [0.05, 0.1) is 6.10 Å². The third-order valence-electron chi connectivity index (χ3n) is 2.05. The summed E-state index contributed by atoms with van der Waals surface area (Å²) in [6.07, 6.45) is 0.837. The molecule has 3 N–H and O–H groups in total. The topological polar surface area (TPSA) is 91.3 Å². The molecule has 19 heavy (non-hydrogen) atoms. The number of carbonyl (C=O) groups excluding carboxylic acids is 2. The summed E-state index contributed by atoms with van der Waals surface area (Å²) in [5.41, 5.74) is 0.356. The molecule has 0 spiro atoms. The fraction of sp³-hybridized carbons (Fsp3) is 0.364. The van der Waals surface area contributed by atoms with Crippen LogP contribution in [0.1, 0.15) is 24.3 Å². The first-order chi connectivity index (χ1) is 8.93. The highest BCUT2D eigenvalue weighted by Gasteiger charge is 2.15. The molecule has 0 unspecified atom stereocenters. The van der Waals surface area contributed by atoms with Gasteiger partial charge in [0.25, 0.3) is 11.8 Å². The highest BCUT2D eigenvalue weighted by molar-refractivity contribution is 9.11. The number of thiazole rings is 1. The number of carbonyl (C=O) groups is 2. The van der Waals surface area contributed by atoms with E-state index >= 15 is 0 Å². The van der Waals surface area contributed by atoms with Crippen molar-refractivity contribution in [3.63, 3.8) is 0 Å². The van der Waals surface area contributed by atoms with E-state index in [2.05, 4.69) is 31.5 Å². The van der Waals surface area contributed by atoms with Gasteiger partial charge in [-0.15, -0.1) is 11.3 Å². The monoisotopic (exact) mass is 347 g/mol. The molecule has 0 aliphatic rings. The summed E-state index contributed by atoms with van der Waals surface area (Å²) in [4.78, 5) is 27.5. The number of hydrogen-bond acceptors (Lipinski definition) is 5. The van der Waals surface area contributed by atoms with Crippen molar-refractivity contribution in [1.29, 1.82) is 0 Å². The number of amides is 2. The molecule has 8 heteroatoms. The fourth-order valence-corrected chi connectivity index (χ4v) is 2.13. The highest BCUT2D eigenvalue weighted by atomic mass is 79.9. The highest BCUT2D eigenvalue weighted by Crippen LogP contribution is 2.15. The summed E-state index contributed by atoms with van der Waals surface area (Å²) >= 11 is 4.44. The second kappa shape index (κ2) is 7.37. The summed E-state index contributed by atoms with van der Waals surface area (Å²) in [6, 6.07) is 0. The molecule has 1 rings (SSSR count). The van der Waals surface area contributed by atoms with Crippen molar-refractivity contribution in [3.05, 3.63) is 26.8 Å². The molecule has 0 fully saturated rings. The maximum Gasteiger partial charge on any atom is 0.275 e. The van der Waals surface area contributed by atoms with Gasteiger partial charge in [-0.05, 0) is 29.8 Å². The van der Waals surface area contributed by atoms with Crippen molar-refractivity contribution in [2.45, 2.75) is 20.0 Å². The van der Waals surface area contributed by atoms with Gasteiger partial charge in [0.1, 0.15) is 11.4 Å². The van der Waals surface area contributed by atoms with Crippen LogP contribution in [0.4, 0.5) is 0 Å².